The summed E-state index contributed by atoms with van der Waals surface area (Å²) in [4.78, 5) is 28.4. The molecule has 0 unspecified atom stereocenters. The Hall–Kier alpha value is -3.16. The molecule has 0 aliphatic carbocycles. The van der Waals surface area contributed by atoms with E-state index in [0.29, 0.717) is 43.2 Å². The predicted octanol–water partition coefficient (Wildman–Crippen LogP) is 2.58. The fraction of sp³-hybridized carbons (Fsp3) is 0.300. The summed E-state index contributed by atoms with van der Waals surface area (Å²) in [6.07, 6.45) is 0. The molecule has 6 nitrogen and oxygen atoms in total. The molecule has 1 aliphatic rings. The topological polar surface area (TPSA) is 59.1 Å². The predicted molar refractivity (Wildman–Crippen MR) is 97.7 cm³/mol. The molecule has 8 heteroatoms. The molecular weight excluding hydrogens is 370 g/mol. The highest BCUT2D eigenvalue weighted by Crippen LogP contribution is 2.26. The fourth-order valence-electron chi connectivity index (χ4n) is 3.07. The molecule has 1 saturated heterocycles. The van der Waals surface area contributed by atoms with Crippen molar-refractivity contribution in [2.24, 2.45) is 0 Å². The lowest BCUT2D eigenvalue weighted by Crippen LogP contribution is -2.50. The van der Waals surface area contributed by atoms with Crippen LogP contribution in [0.15, 0.2) is 36.4 Å². The van der Waals surface area contributed by atoms with Crippen LogP contribution in [-0.2, 0) is 0 Å². The minimum Gasteiger partial charge on any atom is -0.497 e. The summed E-state index contributed by atoms with van der Waals surface area (Å²) in [6, 6.07) is 8.02. The lowest BCUT2D eigenvalue weighted by molar-refractivity contribution is 0.0533. The highest BCUT2D eigenvalue weighted by molar-refractivity contribution is 5.98. The number of ether oxygens (including phenoxy) is 2. The van der Waals surface area contributed by atoms with Crippen LogP contribution < -0.4 is 9.47 Å². The summed E-state index contributed by atoms with van der Waals surface area (Å²) >= 11 is 0. The third kappa shape index (κ3) is 3.90. The molecule has 0 aromatic heterocycles. The van der Waals surface area contributed by atoms with Gasteiger partial charge < -0.3 is 19.3 Å². The summed E-state index contributed by atoms with van der Waals surface area (Å²) in [5.41, 5.74) is 0.485. The van der Waals surface area contributed by atoms with Crippen LogP contribution in [0.25, 0.3) is 0 Å². The van der Waals surface area contributed by atoms with Crippen molar-refractivity contribution in [1.29, 1.82) is 0 Å². The van der Waals surface area contributed by atoms with Crippen molar-refractivity contribution in [3.8, 4) is 11.5 Å². The van der Waals surface area contributed by atoms with Gasteiger partial charge in [-0.2, -0.15) is 0 Å². The molecule has 2 aromatic rings. The zero-order chi connectivity index (χ0) is 20.3. The van der Waals surface area contributed by atoms with Gasteiger partial charge >= 0.3 is 0 Å². The lowest BCUT2D eigenvalue weighted by atomic mass is 10.1. The number of amides is 2. The van der Waals surface area contributed by atoms with Gasteiger partial charge in [-0.15, -0.1) is 0 Å². The second kappa shape index (κ2) is 8.24. The molecule has 2 amide bonds. The monoisotopic (exact) mass is 390 g/mol. The molecule has 2 aromatic carbocycles. The lowest BCUT2D eigenvalue weighted by Gasteiger charge is -2.35. The smallest absolute Gasteiger partial charge is 0.257 e. The first-order valence-electron chi connectivity index (χ1n) is 8.70. The zero-order valence-electron chi connectivity index (χ0n) is 15.6. The summed E-state index contributed by atoms with van der Waals surface area (Å²) in [6.45, 7) is 1.23. The van der Waals surface area contributed by atoms with Crippen LogP contribution in [0.5, 0.6) is 11.5 Å². The van der Waals surface area contributed by atoms with Gasteiger partial charge in [0.25, 0.3) is 11.8 Å². The molecule has 1 aliphatic heterocycles. The molecule has 0 N–H and O–H groups in total. The van der Waals surface area contributed by atoms with Crippen molar-refractivity contribution >= 4 is 11.8 Å². The maximum absolute atomic E-state index is 13.4. The molecule has 1 heterocycles. The van der Waals surface area contributed by atoms with Gasteiger partial charge in [0, 0.05) is 37.8 Å². The number of carbonyl (C=O) groups is 2. The average Bonchev–Trinajstić information content (AvgIpc) is 2.74. The van der Waals surface area contributed by atoms with Crippen LogP contribution in [0.1, 0.15) is 20.7 Å². The first-order valence-corrected chi connectivity index (χ1v) is 8.70. The van der Waals surface area contributed by atoms with E-state index in [1.807, 2.05) is 0 Å². The Morgan fingerprint density at radius 2 is 1.46 bits per heavy atom. The van der Waals surface area contributed by atoms with Crippen molar-refractivity contribution in [1.82, 2.24) is 9.80 Å². The highest BCUT2D eigenvalue weighted by atomic mass is 19.2. The second-order valence-electron chi connectivity index (χ2n) is 6.28. The number of piperazine rings is 1. The van der Waals surface area contributed by atoms with Crippen molar-refractivity contribution in [3.05, 3.63) is 59.2 Å². The molecule has 28 heavy (non-hydrogen) atoms. The molecule has 1 fully saturated rings. The zero-order valence-corrected chi connectivity index (χ0v) is 15.6. The van der Waals surface area contributed by atoms with E-state index in [1.165, 1.54) is 25.2 Å². The van der Waals surface area contributed by atoms with Crippen molar-refractivity contribution in [3.63, 3.8) is 0 Å². The van der Waals surface area contributed by atoms with E-state index in [1.54, 1.807) is 23.1 Å². The maximum Gasteiger partial charge on any atom is 0.257 e. The Kier molecular flexibility index (Phi) is 5.77. The molecule has 148 valence electrons. The van der Waals surface area contributed by atoms with Gasteiger partial charge in [-0.1, -0.05) is 0 Å². The summed E-state index contributed by atoms with van der Waals surface area (Å²) in [5.74, 6) is -1.68. The van der Waals surface area contributed by atoms with Gasteiger partial charge in [-0.05, 0) is 30.3 Å². The number of hydrogen-bond donors (Lipinski definition) is 0. The molecule has 0 saturated carbocycles. The largest absolute Gasteiger partial charge is 0.497 e. The van der Waals surface area contributed by atoms with Gasteiger partial charge in [0.15, 0.2) is 11.6 Å². The number of rotatable bonds is 4. The van der Waals surface area contributed by atoms with Gasteiger partial charge in [0.1, 0.15) is 11.5 Å². The Labute approximate surface area is 161 Å². The fourth-order valence-corrected chi connectivity index (χ4v) is 3.07. The van der Waals surface area contributed by atoms with Crippen LogP contribution in [0.4, 0.5) is 8.78 Å². The quantitative estimate of drug-likeness (QED) is 0.805. The maximum atomic E-state index is 13.4. The van der Waals surface area contributed by atoms with Crippen LogP contribution >= 0.6 is 0 Å². The second-order valence-corrected chi connectivity index (χ2v) is 6.28. The molecule has 0 radical (unpaired) electrons. The SMILES string of the molecule is COc1ccc(C(=O)N2CCN(C(=O)c3ccc(F)c(F)c3)CC2)c(OC)c1. The Balaban J connectivity index is 1.67. The Morgan fingerprint density at radius 3 is 2.04 bits per heavy atom. The molecular formula is C20H20F2N2O4. The first-order chi connectivity index (χ1) is 13.4. The van der Waals surface area contributed by atoms with Gasteiger partial charge in [-0.3, -0.25) is 9.59 Å². The number of methoxy groups -OCH3 is 2. The summed E-state index contributed by atoms with van der Waals surface area (Å²) in [5, 5.41) is 0. The molecule has 0 spiro atoms. The third-order valence-electron chi connectivity index (χ3n) is 4.66. The van der Waals surface area contributed by atoms with Gasteiger partial charge in [0.2, 0.25) is 0 Å². The first kappa shape index (κ1) is 19.6. The van der Waals surface area contributed by atoms with Crippen molar-refractivity contribution < 1.29 is 27.8 Å². The van der Waals surface area contributed by atoms with Crippen molar-refractivity contribution in [2.75, 3.05) is 40.4 Å². The van der Waals surface area contributed by atoms with Gasteiger partial charge in [-0.25, -0.2) is 8.78 Å². The molecule has 0 atom stereocenters. The van der Waals surface area contributed by atoms with E-state index >= 15 is 0 Å². The normalized spacial score (nSPS) is 14.0. The third-order valence-corrected chi connectivity index (χ3v) is 4.66. The van der Waals surface area contributed by atoms with Crippen LogP contribution in [0, 0.1) is 11.6 Å². The van der Waals surface area contributed by atoms with E-state index < -0.39 is 17.5 Å². The van der Waals surface area contributed by atoms with E-state index in [2.05, 4.69) is 0 Å². The minimum atomic E-state index is -1.06. The number of hydrogen-bond acceptors (Lipinski definition) is 4. The number of halogens is 2. The Bertz CT molecular complexity index is 896. The highest BCUT2D eigenvalue weighted by Gasteiger charge is 2.27. The van der Waals surface area contributed by atoms with E-state index in [9.17, 15) is 18.4 Å². The van der Waals surface area contributed by atoms with Crippen LogP contribution in [0.2, 0.25) is 0 Å². The van der Waals surface area contributed by atoms with Crippen LogP contribution in [-0.4, -0.2) is 62.0 Å². The van der Waals surface area contributed by atoms with E-state index in [-0.39, 0.29) is 11.5 Å². The minimum absolute atomic E-state index is 0.0792. The average molecular weight is 390 g/mol. The summed E-state index contributed by atoms with van der Waals surface area (Å²) < 4.78 is 36.8. The number of carbonyl (C=O) groups excluding carboxylic acids is 2. The van der Waals surface area contributed by atoms with Crippen molar-refractivity contribution in [2.45, 2.75) is 0 Å². The molecule has 3 rings (SSSR count). The van der Waals surface area contributed by atoms with Gasteiger partial charge in [0.05, 0.1) is 19.8 Å². The Morgan fingerprint density at radius 1 is 0.821 bits per heavy atom. The molecule has 0 bridgehead atoms. The number of nitrogens with zero attached hydrogens (tertiary/aromatic N) is 2. The van der Waals surface area contributed by atoms with E-state index in [0.717, 1.165) is 12.1 Å². The summed E-state index contributed by atoms with van der Waals surface area (Å²) in [7, 11) is 3.00. The van der Waals surface area contributed by atoms with Crippen LogP contribution in [0.3, 0.4) is 0 Å². The van der Waals surface area contributed by atoms with E-state index in [4.69, 9.17) is 9.47 Å². The number of benzene rings is 2. The standard InChI is InChI=1S/C20H20F2N2O4/c1-27-14-4-5-15(18(12-14)28-2)20(26)24-9-7-23(8-10-24)19(25)13-3-6-16(21)17(22)11-13/h3-6,11-12H,7-10H2,1-2H3.